The van der Waals surface area contributed by atoms with Gasteiger partial charge in [-0.15, -0.1) is 0 Å². The summed E-state index contributed by atoms with van der Waals surface area (Å²) in [5.74, 6) is -0.401. The Kier molecular flexibility index (Phi) is 7.17. The van der Waals surface area contributed by atoms with Gasteiger partial charge in [0.2, 0.25) is 15.9 Å². The Balaban J connectivity index is 1.74. The lowest BCUT2D eigenvalue weighted by Gasteiger charge is -2.13. The number of nitrogens with one attached hydrogen (secondary N) is 2. The first-order chi connectivity index (χ1) is 12.4. The highest BCUT2D eigenvalue weighted by Gasteiger charge is 2.12. The summed E-state index contributed by atoms with van der Waals surface area (Å²) < 4.78 is 26.3. The monoisotopic (exact) mass is 375 g/mol. The van der Waals surface area contributed by atoms with Gasteiger partial charge in [-0.1, -0.05) is 30.3 Å². The van der Waals surface area contributed by atoms with Gasteiger partial charge in [0.15, 0.2) is 0 Å². The normalized spacial score (nSPS) is 11.2. The largest absolute Gasteiger partial charge is 0.378 e. The molecule has 6 nitrogen and oxygen atoms in total. The number of rotatable bonds is 9. The number of sulfonamides is 1. The summed E-state index contributed by atoms with van der Waals surface area (Å²) in [5, 5.41) is 2.68. The number of carbonyl (C=O) groups excluding carboxylic acids is 1. The van der Waals surface area contributed by atoms with Crippen molar-refractivity contribution >= 4 is 27.3 Å². The maximum absolute atomic E-state index is 12.0. The number of hydrogen-bond acceptors (Lipinski definition) is 4. The SMILES string of the molecule is CN(C)c1ccc(NC(=O)CNS(=O)(=O)CCCc2ccccc2)cc1. The summed E-state index contributed by atoms with van der Waals surface area (Å²) >= 11 is 0. The van der Waals surface area contributed by atoms with Crippen LogP contribution < -0.4 is 14.9 Å². The lowest BCUT2D eigenvalue weighted by atomic mass is 10.1. The van der Waals surface area contributed by atoms with Gasteiger partial charge >= 0.3 is 0 Å². The number of anilines is 2. The zero-order valence-electron chi connectivity index (χ0n) is 15.1. The second kappa shape index (κ2) is 9.35. The second-order valence-electron chi connectivity index (χ2n) is 6.22. The first-order valence-electron chi connectivity index (χ1n) is 8.44. The summed E-state index contributed by atoms with van der Waals surface area (Å²) in [6.45, 7) is -0.275. The van der Waals surface area contributed by atoms with Crippen LogP contribution in [0.15, 0.2) is 54.6 Å². The summed E-state index contributed by atoms with van der Waals surface area (Å²) in [6.07, 6.45) is 1.19. The van der Waals surface area contributed by atoms with E-state index in [0.717, 1.165) is 11.3 Å². The zero-order valence-corrected chi connectivity index (χ0v) is 15.9. The van der Waals surface area contributed by atoms with Crippen molar-refractivity contribution in [2.75, 3.05) is 36.6 Å². The molecule has 0 aromatic heterocycles. The van der Waals surface area contributed by atoms with Crippen molar-refractivity contribution in [3.8, 4) is 0 Å². The van der Waals surface area contributed by atoms with Gasteiger partial charge in [-0.05, 0) is 42.7 Å². The van der Waals surface area contributed by atoms with Crippen LogP contribution in [-0.4, -0.2) is 40.7 Å². The molecule has 0 radical (unpaired) electrons. The van der Waals surface area contributed by atoms with Crippen molar-refractivity contribution < 1.29 is 13.2 Å². The maximum atomic E-state index is 12.0. The molecule has 0 bridgehead atoms. The molecule has 0 atom stereocenters. The van der Waals surface area contributed by atoms with Gasteiger partial charge in [-0.25, -0.2) is 13.1 Å². The molecule has 0 spiro atoms. The molecule has 2 aromatic rings. The van der Waals surface area contributed by atoms with Crippen molar-refractivity contribution in [3.05, 3.63) is 60.2 Å². The standard InChI is InChI=1S/C19H25N3O3S/c1-22(2)18-12-10-17(11-13-18)21-19(23)15-20-26(24,25)14-6-9-16-7-4-3-5-8-16/h3-5,7-8,10-13,20H,6,9,14-15H2,1-2H3,(H,21,23). The van der Waals surface area contributed by atoms with Crippen LogP contribution in [0.3, 0.4) is 0 Å². The number of nitrogens with zero attached hydrogens (tertiary/aromatic N) is 1. The summed E-state index contributed by atoms with van der Waals surface area (Å²) in [6, 6.07) is 17.0. The number of aryl methyl sites for hydroxylation is 1. The van der Waals surface area contributed by atoms with E-state index in [9.17, 15) is 13.2 Å². The molecule has 1 amide bonds. The van der Waals surface area contributed by atoms with Crippen LogP contribution in [0.4, 0.5) is 11.4 Å². The number of amides is 1. The molecule has 2 N–H and O–H groups in total. The van der Waals surface area contributed by atoms with E-state index in [1.54, 1.807) is 12.1 Å². The van der Waals surface area contributed by atoms with E-state index in [1.807, 2.05) is 61.5 Å². The molecule has 0 aliphatic rings. The summed E-state index contributed by atoms with van der Waals surface area (Å²) in [5.41, 5.74) is 2.74. The molecule has 0 saturated heterocycles. The molecule has 0 fully saturated rings. The van der Waals surface area contributed by atoms with Gasteiger partial charge in [0.25, 0.3) is 0 Å². The lowest BCUT2D eigenvalue weighted by molar-refractivity contribution is -0.115. The highest BCUT2D eigenvalue weighted by molar-refractivity contribution is 7.89. The van der Waals surface area contributed by atoms with Gasteiger partial charge in [0.1, 0.15) is 0 Å². The molecule has 2 aromatic carbocycles. The van der Waals surface area contributed by atoms with E-state index >= 15 is 0 Å². The first kappa shape index (κ1) is 19.9. The number of carbonyl (C=O) groups is 1. The smallest absolute Gasteiger partial charge is 0.239 e. The fourth-order valence-corrected chi connectivity index (χ4v) is 3.43. The lowest BCUT2D eigenvalue weighted by Crippen LogP contribution is -2.34. The summed E-state index contributed by atoms with van der Waals surface area (Å²) in [7, 11) is 0.387. The Morgan fingerprint density at radius 2 is 1.65 bits per heavy atom. The van der Waals surface area contributed by atoms with Gasteiger partial charge in [-0.3, -0.25) is 4.79 Å². The third-order valence-electron chi connectivity index (χ3n) is 3.84. The predicted molar refractivity (Wildman–Crippen MR) is 106 cm³/mol. The van der Waals surface area contributed by atoms with Crippen LogP contribution in [0.5, 0.6) is 0 Å². The van der Waals surface area contributed by atoms with Crippen LogP contribution in [0.25, 0.3) is 0 Å². The van der Waals surface area contributed by atoms with Crippen molar-refractivity contribution in [1.29, 1.82) is 0 Å². The van der Waals surface area contributed by atoms with Gasteiger partial charge in [0.05, 0.1) is 12.3 Å². The van der Waals surface area contributed by atoms with Crippen molar-refractivity contribution in [3.63, 3.8) is 0 Å². The quantitative estimate of drug-likeness (QED) is 0.705. The van der Waals surface area contributed by atoms with E-state index in [4.69, 9.17) is 0 Å². The Labute approximate surface area is 155 Å². The van der Waals surface area contributed by atoms with E-state index in [-0.39, 0.29) is 12.3 Å². The molecule has 26 heavy (non-hydrogen) atoms. The van der Waals surface area contributed by atoms with Crippen LogP contribution in [0.2, 0.25) is 0 Å². The Hall–Kier alpha value is -2.38. The average molecular weight is 375 g/mol. The van der Waals surface area contributed by atoms with Crippen molar-refractivity contribution in [1.82, 2.24) is 4.72 Å². The van der Waals surface area contributed by atoms with Crippen LogP contribution in [0.1, 0.15) is 12.0 Å². The third-order valence-corrected chi connectivity index (χ3v) is 5.25. The molecule has 2 rings (SSSR count). The minimum atomic E-state index is -3.47. The molecular weight excluding hydrogens is 350 g/mol. The fourth-order valence-electron chi connectivity index (χ4n) is 2.41. The minimum Gasteiger partial charge on any atom is -0.378 e. The fraction of sp³-hybridized carbons (Fsp3) is 0.316. The molecule has 0 aliphatic heterocycles. The van der Waals surface area contributed by atoms with Crippen molar-refractivity contribution in [2.45, 2.75) is 12.8 Å². The van der Waals surface area contributed by atoms with E-state index < -0.39 is 15.9 Å². The highest BCUT2D eigenvalue weighted by atomic mass is 32.2. The number of hydrogen-bond donors (Lipinski definition) is 2. The Morgan fingerprint density at radius 1 is 1.00 bits per heavy atom. The highest BCUT2D eigenvalue weighted by Crippen LogP contribution is 2.15. The first-order valence-corrected chi connectivity index (χ1v) is 10.1. The molecule has 7 heteroatoms. The maximum Gasteiger partial charge on any atom is 0.239 e. The van der Waals surface area contributed by atoms with Gasteiger partial charge < -0.3 is 10.2 Å². The Bertz CT molecular complexity index is 804. The minimum absolute atomic E-state index is 0.00724. The van der Waals surface area contributed by atoms with Crippen LogP contribution in [0, 0.1) is 0 Å². The zero-order chi connectivity index (χ0) is 19.0. The van der Waals surface area contributed by atoms with Crippen LogP contribution >= 0.6 is 0 Å². The molecule has 0 aliphatic carbocycles. The molecular formula is C19H25N3O3S. The predicted octanol–water partition coefficient (Wildman–Crippen LogP) is 2.24. The molecule has 0 saturated carbocycles. The van der Waals surface area contributed by atoms with E-state index in [0.29, 0.717) is 18.5 Å². The van der Waals surface area contributed by atoms with Crippen LogP contribution in [-0.2, 0) is 21.2 Å². The topological polar surface area (TPSA) is 78.5 Å². The average Bonchev–Trinajstić information content (AvgIpc) is 2.61. The molecule has 0 heterocycles. The van der Waals surface area contributed by atoms with E-state index in [1.165, 1.54) is 0 Å². The molecule has 140 valence electrons. The Morgan fingerprint density at radius 3 is 2.27 bits per heavy atom. The van der Waals surface area contributed by atoms with Gasteiger partial charge in [-0.2, -0.15) is 0 Å². The van der Waals surface area contributed by atoms with E-state index in [2.05, 4.69) is 10.0 Å². The van der Waals surface area contributed by atoms with Crippen molar-refractivity contribution in [2.24, 2.45) is 0 Å². The third kappa shape index (κ3) is 6.85. The number of benzene rings is 2. The second-order valence-corrected chi connectivity index (χ2v) is 8.15. The summed E-state index contributed by atoms with van der Waals surface area (Å²) in [4.78, 5) is 13.9. The molecule has 0 unspecified atom stereocenters. The van der Waals surface area contributed by atoms with Gasteiger partial charge in [0, 0.05) is 25.5 Å².